The summed E-state index contributed by atoms with van der Waals surface area (Å²) in [6, 6.07) is 12.6. The van der Waals surface area contributed by atoms with E-state index in [1.54, 1.807) is 7.11 Å². The van der Waals surface area contributed by atoms with Crippen LogP contribution in [0.15, 0.2) is 41.6 Å². The molecule has 2 aromatic rings. The van der Waals surface area contributed by atoms with E-state index in [0.29, 0.717) is 42.3 Å². The van der Waals surface area contributed by atoms with Crippen molar-refractivity contribution in [2.24, 2.45) is 11.1 Å². The molecule has 5 rings (SSSR count). The van der Waals surface area contributed by atoms with Crippen molar-refractivity contribution in [3.8, 4) is 5.75 Å². The fourth-order valence-corrected chi connectivity index (χ4v) is 6.62. The molecule has 5 unspecified atom stereocenters. The van der Waals surface area contributed by atoms with Crippen LogP contribution in [0.1, 0.15) is 42.6 Å². The lowest BCUT2D eigenvalue weighted by Crippen LogP contribution is -2.41. The lowest BCUT2D eigenvalue weighted by Gasteiger charge is -2.32. The highest BCUT2D eigenvalue weighted by Crippen LogP contribution is 2.37. The Morgan fingerprint density at radius 1 is 1.13 bits per heavy atom. The van der Waals surface area contributed by atoms with Crippen LogP contribution in [0, 0.1) is 10.8 Å². The van der Waals surface area contributed by atoms with Crippen molar-refractivity contribution in [2.75, 3.05) is 56.3 Å². The van der Waals surface area contributed by atoms with Crippen molar-refractivity contribution in [1.82, 2.24) is 4.90 Å². The van der Waals surface area contributed by atoms with E-state index in [2.05, 4.69) is 49.3 Å². The van der Waals surface area contributed by atoms with Gasteiger partial charge in [0, 0.05) is 62.3 Å². The molecule has 0 saturated carbocycles. The zero-order chi connectivity index (χ0) is 26.8. The number of hydrogen-bond donors (Lipinski definition) is 0. The summed E-state index contributed by atoms with van der Waals surface area (Å²) in [5.41, 5.74) is 3.86. The van der Waals surface area contributed by atoms with Crippen LogP contribution in [0.4, 0.5) is 11.4 Å². The van der Waals surface area contributed by atoms with E-state index in [-0.39, 0.29) is 18.6 Å². The number of carbonyl (C=O) groups excluding carboxylic acids is 1. The van der Waals surface area contributed by atoms with Gasteiger partial charge in [-0.1, -0.05) is 12.1 Å². The molecule has 0 aromatic heterocycles. The van der Waals surface area contributed by atoms with Crippen molar-refractivity contribution >= 4 is 31.8 Å². The second-order valence-electron chi connectivity index (χ2n) is 10.8. The highest BCUT2D eigenvalue weighted by molar-refractivity contribution is 7.28. The van der Waals surface area contributed by atoms with Gasteiger partial charge in [0.2, 0.25) is 0 Å². The number of likely N-dealkylation sites (tertiary alicyclic amines) is 1. The summed E-state index contributed by atoms with van der Waals surface area (Å²) in [6.45, 7) is 9.08. The lowest BCUT2D eigenvalue weighted by molar-refractivity contribution is 0.0980. The number of nitrogens with zero attached hydrogens (tertiary/aromatic N) is 4. The van der Waals surface area contributed by atoms with Crippen LogP contribution in [0.25, 0.3) is 0 Å². The molecule has 3 aliphatic rings. The number of anilines is 2. The zero-order valence-electron chi connectivity index (χ0n) is 22.6. The molecule has 0 N–H and O–H groups in total. The van der Waals surface area contributed by atoms with Crippen LogP contribution < -0.4 is 19.8 Å². The molecule has 1 amide bonds. The Balaban J connectivity index is 1.27. The monoisotopic (exact) mass is 538 g/mol. The molecule has 0 radical (unpaired) electrons. The molecule has 0 bridgehead atoms. The first-order valence-electron chi connectivity index (χ1n) is 13.7. The number of methoxy groups -OCH3 is 1. The minimum Gasteiger partial charge on any atom is -0.491 e. The number of carbonyl (C=O) groups is 1. The molecule has 0 aliphatic carbocycles. The van der Waals surface area contributed by atoms with Crippen LogP contribution in [0.5, 0.6) is 5.75 Å². The summed E-state index contributed by atoms with van der Waals surface area (Å²) in [7, 11) is 4.68. The fourth-order valence-electron chi connectivity index (χ4n) is 6.19. The first-order chi connectivity index (χ1) is 18.4. The molecule has 3 heterocycles. The third-order valence-electron chi connectivity index (χ3n) is 8.46. The molecule has 2 aromatic carbocycles. The number of amides is 1. The Kier molecular flexibility index (Phi) is 8.32. The van der Waals surface area contributed by atoms with Crippen LogP contribution in [0.2, 0.25) is 0 Å². The van der Waals surface area contributed by atoms with E-state index >= 15 is 0 Å². The second kappa shape index (κ2) is 11.7. The number of ether oxygens (including phenoxy) is 2. The van der Waals surface area contributed by atoms with Crippen LogP contribution in [-0.2, 0) is 11.2 Å². The van der Waals surface area contributed by atoms with E-state index in [4.69, 9.17) is 9.47 Å². The van der Waals surface area contributed by atoms with Gasteiger partial charge in [-0.2, -0.15) is 4.91 Å². The maximum atomic E-state index is 13.4. The third-order valence-corrected chi connectivity index (χ3v) is 8.92. The Bertz CT molecular complexity index is 1180. The van der Waals surface area contributed by atoms with Gasteiger partial charge in [-0.25, -0.2) is 0 Å². The number of rotatable bonds is 10. The Labute approximate surface area is 227 Å². The molecule has 2 saturated heterocycles. The van der Waals surface area contributed by atoms with Gasteiger partial charge in [-0.05, 0) is 79.4 Å². The van der Waals surface area contributed by atoms with Gasteiger partial charge in [-0.15, -0.1) is 9.24 Å². The maximum absolute atomic E-state index is 13.4. The van der Waals surface area contributed by atoms with E-state index < -0.39 is 0 Å². The summed E-state index contributed by atoms with van der Waals surface area (Å²) < 4.78 is 11.2. The SMILES string of the molecule is CCC(COc1ccc2c(c1)CCN(c1ccc(N3CCC4CN(C(C)COC)CC43)c(P)c1)C2=O)N=O. The average Bonchev–Trinajstić information content (AvgIpc) is 3.51. The molecule has 204 valence electrons. The van der Waals surface area contributed by atoms with E-state index in [9.17, 15) is 9.70 Å². The predicted molar refractivity (Wildman–Crippen MR) is 155 cm³/mol. The molecule has 5 atom stereocenters. The van der Waals surface area contributed by atoms with Gasteiger partial charge < -0.3 is 19.3 Å². The van der Waals surface area contributed by atoms with Gasteiger partial charge >= 0.3 is 0 Å². The summed E-state index contributed by atoms with van der Waals surface area (Å²) in [5, 5.41) is 4.22. The number of benzene rings is 2. The third kappa shape index (κ3) is 5.31. The standard InChI is InChI=1S/C29H39N4O4P/c1-4-22(30-35)18-37-24-6-7-25-20(13-24)9-11-32(29(25)34)23-5-8-26(28(38)14-23)33-12-10-21-15-31(16-27(21)33)19(2)17-36-3/h5-8,13-14,19,21-22,27H,4,9-12,15-18,38H2,1-3H3. The van der Waals surface area contributed by atoms with Gasteiger partial charge in [0.25, 0.3) is 5.91 Å². The Hall–Kier alpha value is -2.54. The molecule has 2 fully saturated rings. The number of fused-ring (bicyclic) bond motifs is 2. The van der Waals surface area contributed by atoms with Gasteiger partial charge in [0.1, 0.15) is 18.4 Å². The minimum atomic E-state index is -0.356. The number of nitroso groups, excluding NO2 is 1. The highest BCUT2D eigenvalue weighted by Gasteiger charge is 2.43. The van der Waals surface area contributed by atoms with E-state index in [1.807, 2.05) is 30.0 Å². The Morgan fingerprint density at radius 2 is 1.97 bits per heavy atom. The zero-order valence-corrected chi connectivity index (χ0v) is 23.8. The molecule has 9 heteroatoms. The summed E-state index contributed by atoms with van der Waals surface area (Å²) in [6.07, 6.45) is 2.61. The molecule has 0 spiro atoms. The second-order valence-corrected chi connectivity index (χ2v) is 11.4. The molecule has 38 heavy (non-hydrogen) atoms. The number of hydrogen-bond acceptors (Lipinski definition) is 7. The first-order valence-corrected chi connectivity index (χ1v) is 14.3. The highest BCUT2D eigenvalue weighted by atomic mass is 31.0. The molecular weight excluding hydrogens is 499 g/mol. The van der Waals surface area contributed by atoms with Crippen molar-refractivity contribution in [3.05, 3.63) is 52.4 Å². The average molecular weight is 539 g/mol. The predicted octanol–water partition coefficient (Wildman–Crippen LogP) is 3.86. The van der Waals surface area contributed by atoms with Gasteiger partial charge in [0.15, 0.2) is 0 Å². The van der Waals surface area contributed by atoms with Crippen LogP contribution in [-0.4, -0.2) is 75.4 Å². The topological polar surface area (TPSA) is 74.7 Å². The molecule has 3 aliphatic heterocycles. The summed E-state index contributed by atoms with van der Waals surface area (Å²) in [5.74, 6) is 1.38. The van der Waals surface area contributed by atoms with Crippen LogP contribution >= 0.6 is 9.24 Å². The van der Waals surface area contributed by atoms with Gasteiger partial charge in [0.05, 0.1) is 6.61 Å². The lowest BCUT2D eigenvalue weighted by atomic mass is 9.98. The molecular formula is C29H39N4O4P. The van der Waals surface area contributed by atoms with E-state index in [1.165, 1.54) is 12.1 Å². The largest absolute Gasteiger partial charge is 0.491 e. The van der Waals surface area contributed by atoms with Crippen molar-refractivity contribution in [1.29, 1.82) is 0 Å². The molecule has 8 nitrogen and oxygen atoms in total. The minimum absolute atomic E-state index is 0.00995. The summed E-state index contributed by atoms with van der Waals surface area (Å²) >= 11 is 0. The van der Waals surface area contributed by atoms with Crippen molar-refractivity contribution < 1.29 is 14.3 Å². The van der Waals surface area contributed by atoms with Gasteiger partial charge in [-0.3, -0.25) is 9.69 Å². The first kappa shape index (κ1) is 27.0. The van der Waals surface area contributed by atoms with Crippen molar-refractivity contribution in [2.45, 2.75) is 51.2 Å². The normalized spacial score (nSPS) is 22.8. The fraction of sp³-hybridized carbons (Fsp3) is 0.552. The van der Waals surface area contributed by atoms with Crippen molar-refractivity contribution in [3.63, 3.8) is 0 Å². The quantitative estimate of drug-likeness (QED) is 0.338. The smallest absolute Gasteiger partial charge is 0.258 e. The Morgan fingerprint density at radius 3 is 2.71 bits per heavy atom. The maximum Gasteiger partial charge on any atom is 0.258 e. The van der Waals surface area contributed by atoms with E-state index in [0.717, 1.165) is 49.2 Å². The van der Waals surface area contributed by atoms with Crippen LogP contribution in [0.3, 0.4) is 0 Å². The summed E-state index contributed by atoms with van der Waals surface area (Å²) in [4.78, 5) is 31.3.